The Morgan fingerprint density at radius 3 is 2.74 bits per heavy atom. The van der Waals surface area contributed by atoms with E-state index < -0.39 is 0 Å². The smallest absolute Gasteiger partial charge is 0.337 e. The van der Waals surface area contributed by atoms with Crippen LogP contribution < -0.4 is 4.90 Å². The van der Waals surface area contributed by atoms with Crippen LogP contribution in [0.3, 0.4) is 0 Å². The van der Waals surface area contributed by atoms with Crippen LogP contribution in [0.25, 0.3) is 11.1 Å². The molecule has 0 N–H and O–H groups in total. The van der Waals surface area contributed by atoms with Gasteiger partial charge in [0.2, 0.25) is 0 Å². The molecule has 0 radical (unpaired) electrons. The van der Waals surface area contributed by atoms with E-state index in [0.29, 0.717) is 5.56 Å². The number of nitrogens with zero attached hydrogens (tertiary/aromatic N) is 1. The topological polar surface area (TPSA) is 29.5 Å². The summed E-state index contributed by atoms with van der Waals surface area (Å²) in [7, 11) is 1.40. The molecule has 0 saturated carbocycles. The third-order valence-corrected chi connectivity index (χ3v) is 4.18. The fraction of sp³-hybridized carbons (Fsp3) is 0.250. The fourth-order valence-corrected chi connectivity index (χ4v) is 3.05. The minimum Gasteiger partial charge on any atom is -0.465 e. The molecule has 1 aliphatic heterocycles. The molecule has 0 saturated heterocycles. The maximum Gasteiger partial charge on any atom is 0.337 e. The molecule has 1 aliphatic rings. The van der Waals surface area contributed by atoms with Crippen molar-refractivity contribution in [2.24, 2.45) is 0 Å². The second-order valence-corrected chi connectivity index (χ2v) is 5.63. The second-order valence-electron chi connectivity index (χ2n) is 5.63. The highest BCUT2D eigenvalue weighted by atomic mass is 16.5. The zero-order valence-corrected chi connectivity index (χ0v) is 13.6. The van der Waals surface area contributed by atoms with Crippen LogP contribution in [0.5, 0.6) is 0 Å². The summed E-state index contributed by atoms with van der Waals surface area (Å²) in [5.41, 5.74) is 6.48. The number of methoxy groups -OCH3 is 1. The predicted molar refractivity (Wildman–Crippen MR) is 92.5 cm³/mol. The maximum absolute atomic E-state index is 11.6. The monoisotopic (exact) mass is 305 g/mol. The van der Waals surface area contributed by atoms with Crippen LogP contribution in [0.15, 0.2) is 36.4 Å². The molecule has 1 heterocycles. The van der Waals surface area contributed by atoms with Crippen LogP contribution in [0, 0.1) is 18.9 Å². The molecule has 23 heavy (non-hydrogen) atoms. The van der Waals surface area contributed by atoms with Gasteiger partial charge in [-0.1, -0.05) is 18.1 Å². The Labute approximate surface area is 136 Å². The summed E-state index contributed by atoms with van der Waals surface area (Å²) >= 11 is 0. The van der Waals surface area contributed by atoms with Crippen molar-refractivity contribution < 1.29 is 9.53 Å². The fourth-order valence-electron chi connectivity index (χ4n) is 3.05. The third kappa shape index (κ3) is 2.80. The van der Waals surface area contributed by atoms with Crippen molar-refractivity contribution in [3.8, 4) is 23.1 Å². The summed E-state index contributed by atoms with van der Waals surface area (Å²) in [5.74, 6) is 2.66. The molecular formula is C20H19NO2. The highest BCUT2D eigenvalue weighted by Crippen LogP contribution is 2.33. The number of ether oxygens (including phenoxy) is 1. The van der Waals surface area contributed by atoms with E-state index in [1.54, 1.807) is 0 Å². The molecular weight excluding hydrogens is 286 g/mol. The van der Waals surface area contributed by atoms with E-state index in [1.165, 1.54) is 23.9 Å². The largest absolute Gasteiger partial charge is 0.465 e. The van der Waals surface area contributed by atoms with Crippen LogP contribution in [-0.4, -0.2) is 19.6 Å². The predicted octanol–water partition coefficient (Wildman–Crippen LogP) is 3.79. The highest BCUT2D eigenvalue weighted by molar-refractivity contribution is 5.90. The van der Waals surface area contributed by atoms with Gasteiger partial charge in [0.15, 0.2) is 0 Å². The van der Waals surface area contributed by atoms with Gasteiger partial charge in [0.05, 0.1) is 18.4 Å². The summed E-state index contributed by atoms with van der Waals surface area (Å²) in [4.78, 5) is 13.7. The highest BCUT2D eigenvalue weighted by Gasteiger charge is 2.18. The van der Waals surface area contributed by atoms with Crippen molar-refractivity contribution in [1.82, 2.24) is 0 Å². The minimum absolute atomic E-state index is 0.303. The number of carbonyl (C=O) groups excluding carboxylic acids is 1. The zero-order chi connectivity index (χ0) is 16.4. The minimum atomic E-state index is -0.303. The molecule has 0 aromatic heterocycles. The summed E-state index contributed by atoms with van der Waals surface area (Å²) in [6.45, 7) is 4.82. The number of rotatable bonds is 2. The molecule has 2 aromatic rings. The first-order valence-electron chi connectivity index (χ1n) is 7.66. The number of benzene rings is 2. The van der Waals surface area contributed by atoms with Gasteiger partial charge in [0.25, 0.3) is 0 Å². The standard InChI is InChI=1S/C20H19NO2/c1-4-10-21-11-9-16-13-15(6-8-19(16)21)18-7-5-17(12-14(18)2)20(22)23-3/h5-8,12-13H,9,11H2,1-3H3. The summed E-state index contributed by atoms with van der Waals surface area (Å²) in [6, 6.07) is 15.3. The van der Waals surface area contributed by atoms with E-state index >= 15 is 0 Å². The number of aryl methyl sites for hydroxylation is 1. The Morgan fingerprint density at radius 2 is 2.04 bits per heavy atom. The molecule has 0 amide bonds. The first-order valence-corrected chi connectivity index (χ1v) is 7.66. The second kappa shape index (κ2) is 6.18. The van der Waals surface area contributed by atoms with E-state index in [4.69, 9.17) is 4.74 Å². The number of anilines is 1. The average molecular weight is 305 g/mol. The van der Waals surface area contributed by atoms with Crippen LogP contribution in [0.2, 0.25) is 0 Å². The lowest BCUT2D eigenvalue weighted by atomic mass is 9.96. The average Bonchev–Trinajstić information content (AvgIpc) is 2.96. The van der Waals surface area contributed by atoms with Crippen molar-refractivity contribution >= 4 is 11.7 Å². The van der Waals surface area contributed by atoms with E-state index in [1.807, 2.05) is 32.0 Å². The van der Waals surface area contributed by atoms with E-state index in [0.717, 1.165) is 24.1 Å². The van der Waals surface area contributed by atoms with Gasteiger partial charge in [-0.15, -0.1) is 0 Å². The molecule has 3 heteroatoms. The quantitative estimate of drug-likeness (QED) is 0.624. The summed E-state index contributed by atoms with van der Waals surface area (Å²) in [5, 5.41) is 0. The number of carbonyl (C=O) groups is 1. The van der Waals surface area contributed by atoms with Crippen LogP contribution >= 0.6 is 0 Å². The molecule has 0 atom stereocenters. The molecule has 2 aromatic carbocycles. The van der Waals surface area contributed by atoms with Gasteiger partial charge in [-0.05, 0) is 66.8 Å². The number of esters is 1. The Bertz CT molecular complexity index is 827. The Morgan fingerprint density at radius 1 is 1.22 bits per heavy atom. The first-order chi connectivity index (χ1) is 11.1. The maximum atomic E-state index is 11.6. The lowest BCUT2D eigenvalue weighted by Gasteiger charge is -2.12. The number of fused-ring (bicyclic) bond motifs is 1. The molecule has 0 spiro atoms. The normalized spacial score (nSPS) is 12.4. The third-order valence-electron chi connectivity index (χ3n) is 4.18. The summed E-state index contributed by atoms with van der Waals surface area (Å²) in [6.07, 6.45) is 1.01. The van der Waals surface area contributed by atoms with Gasteiger partial charge < -0.3 is 9.64 Å². The van der Waals surface area contributed by atoms with Crippen molar-refractivity contribution in [2.75, 3.05) is 18.6 Å². The molecule has 3 rings (SSSR count). The molecule has 3 nitrogen and oxygen atoms in total. The Balaban J connectivity index is 1.97. The van der Waals surface area contributed by atoms with Gasteiger partial charge in [-0.25, -0.2) is 4.79 Å². The van der Waals surface area contributed by atoms with Crippen LogP contribution in [0.4, 0.5) is 5.69 Å². The zero-order valence-electron chi connectivity index (χ0n) is 13.6. The van der Waals surface area contributed by atoms with Crippen molar-refractivity contribution in [1.29, 1.82) is 0 Å². The van der Waals surface area contributed by atoms with Gasteiger partial charge in [0.1, 0.15) is 0 Å². The van der Waals surface area contributed by atoms with Crippen LogP contribution in [-0.2, 0) is 11.2 Å². The van der Waals surface area contributed by atoms with Gasteiger partial charge in [-0.3, -0.25) is 0 Å². The SMILES string of the molecule is CC#CN1CCc2cc(-c3ccc(C(=O)OC)cc3C)ccc21. The Kier molecular flexibility index (Phi) is 4.08. The summed E-state index contributed by atoms with van der Waals surface area (Å²) < 4.78 is 4.77. The lowest BCUT2D eigenvalue weighted by Crippen LogP contribution is -2.12. The molecule has 0 fully saturated rings. The van der Waals surface area contributed by atoms with Gasteiger partial charge in [0, 0.05) is 12.6 Å². The van der Waals surface area contributed by atoms with E-state index in [2.05, 4.69) is 35.1 Å². The van der Waals surface area contributed by atoms with E-state index in [9.17, 15) is 4.79 Å². The van der Waals surface area contributed by atoms with Crippen molar-refractivity contribution in [3.05, 3.63) is 53.1 Å². The van der Waals surface area contributed by atoms with E-state index in [-0.39, 0.29) is 5.97 Å². The lowest BCUT2D eigenvalue weighted by molar-refractivity contribution is 0.0600. The number of hydrogen-bond acceptors (Lipinski definition) is 3. The number of hydrogen-bond donors (Lipinski definition) is 0. The van der Waals surface area contributed by atoms with Crippen molar-refractivity contribution in [3.63, 3.8) is 0 Å². The van der Waals surface area contributed by atoms with Gasteiger partial charge in [-0.2, -0.15) is 0 Å². The molecule has 0 bridgehead atoms. The molecule has 0 unspecified atom stereocenters. The first kappa shape index (κ1) is 15.2. The Hall–Kier alpha value is -2.73. The molecule has 0 aliphatic carbocycles. The van der Waals surface area contributed by atoms with Gasteiger partial charge >= 0.3 is 5.97 Å². The molecule has 116 valence electrons. The van der Waals surface area contributed by atoms with Crippen LogP contribution in [0.1, 0.15) is 28.4 Å². The van der Waals surface area contributed by atoms with Crippen molar-refractivity contribution in [2.45, 2.75) is 20.3 Å².